The monoisotopic (exact) mass is 279 g/mol. The van der Waals surface area contributed by atoms with Crippen LogP contribution in [0.5, 0.6) is 0 Å². The summed E-state index contributed by atoms with van der Waals surface area (Å²) in [5.74, 6) is -0.721. The van der Waals surface area contributed by atoms with Crippen LogP contribution in [0.25, 0.3) is 0 Å². The maximum atomic E-state index is 13.7. The van der Waals surface area contributed by atoms with Crippen molar-refractivity contribution in [1.29, 1.82) is 0 Å². The van der Waals surface area contributed by atoms with Crippen LogP contribution in [0.15, 0.2) is 24.3 Å². The second kappa shape index (κ2) is 6.00. The van der Waals surface area contributed by atoms with E-state index in [-0.39, 0.29) is 24.4 Å². The van der Waals surface area contributed by atoms with Gasteiger partial charge in [-0.05, 0) is 25.6 Å². The molecule has 1 N–H and O–H groups in total. The first-order valence-corrected chi connectivity index (χ1v) is 6.51. The standard InChI is InChI=1S/C14H18FN3O2/c1-16-13(19)9-17(2)12-7-8-18(14(12)20)11-6-4-3-5-10(11)15/h3-6,12H,7-9H2,1-2H3,(H,16,19). The molecule has 1 aromatic carbocycles. The zero-order valence-electron chi connectivity index (χ0n) is 11.6. The van der Waals surface area contributed by atoms with E-state index in [2.05, 4.69) is 5.32 Å². The topological polar surface area (TPSA) is 52.7 Å². The average Bonchev–Trinajstić information content (AvgIpc) is 2.81. The first kappa shape index (κ1) is 14.5. The number of halogens is 1. The highest BCUT2D eigenvalue weighted by molar-refractivity contribution is 5.99. The van der Waals surface area contributed by atoms with Crippen LogP contribution in [-0.4, -0.2) is 49.9 Å². The smallest absolute Gasteiger partial charge is 0.244 e. The third-order valence-corrected chi connectivity index (χ3v) is 3.52. The van der Waals surface area contributed by atoms with Crippen LogP contribution in [0.2, 0.25) is 0 Å². The average molecular weight is 279 g/mol. The molecule has 0 aliphatic carbocycles. The minimum absolute atomic E-state index is 0.148. The van der Waals surface area contributed by atoms with Crippen molar-refractivity contribution in [3.8, 4) is 0 Å². The molecular weight excluding hydrogens is 261 g/mol. The lowest BCUT2D eigenvalue weighted by Crippen LogP contribution is -2.44. The molecular formula is C14H18FN3O2. The zero-order valence-corrected chi connectivity index (χ0v) is 11.6. The van der Waals surface area contributed by atoms with Gasteiger partial charge in [0, 0.05) is 13.6 Å². The van der Waals surface area contributed by atoms with Gasteiger partial charge in [-0.15, -0.1) is 0 Å². The van der Waals surface area contributed by atoms with Gasteiger partial charge in [-0.25, -0.2) is 4.39 Å². The second-order valence-electron chi connectivity index (χ2n) is 4.83. The minimum atomic E-state index is -0.407. The van der Waals surface area contributed by atoms with Gasteiger partial charge < -0.3 is 10.2 Å². The van der Waals surface area contributed by atoms with Crippen LogP contribution in [0.1, 0.15) is 6.42 Å². The Morgan fingerprint density at radius 3 is 2.85 bits per heavy atom. The molecule has 5 nitrogen and oxygen atoms in total. The van der Waals surface area contributed by atoms with Gasteiger partial charge in [-0.2, -0.15) is 0 Å². The minimum Gasteiger partial charge on any atom is -0.358 e. The molecule has 1 fully saturated rings. The number of nitrogens with zero attached hydrogens (tertiary/aromatic N) is 2. The van der Waals surface area contributed by atoms with E-state index in [1.165, 1.54) is 11.0 Å². The summed E-state index contributed by atoms with van der Waals surface area (Å²) in [4.78, 5) is 26.9. The fourth-order valence-corrected chi connectivity index (χ4v) is 2.40. The van der Waals surface area contributed by atoms with E-state index < -0.39 is 5.82 Å². The Kier molecular flexibility index (Phi) is 4.34. The lowest BCUT2D eigenvalue weighted by molar-refractivity contribution is -0.124. The number of amides is 2. The van der Waals surface area contributed by atoms with Gasteiger partial charge in [0.1, 0.15) is 5.82 Å². The van der Waals surface area contributed by atoms with Crippen molar-refractivity contribution in [2.75, 3.05) is 32.1 Å². The number of carbonyl (C=O) groups excluding carboxylic acids is 2. The molecule has 2 rings (SSSR count). The lowest BCUT2D eigenvalue weighted by Gasteiger charge is -2.23. The van der Waals surface area contributed by atoms with Crippen molar-refractivity contribution in [1.82, 2.24) is 10.2 Å². The van der Waals surface area contributed by atoms with Crippen LogP contribution in [0.4, 0.5) is 10.1 Å². The molecule has 0 saturated carbocycles. The third-order valence-electron chi connectivity index (χ3n) is 3.52. The van der Waals surface area contributed by atoms with E-state index in [4.69, 9.17) is 0 Å². The molecule has 1 unspecified atom stereocenters. The lowest BCUT2D eigenvalue weighted by atomic mass is 10.2. The largest absolute Gasteiger partial charge is 0.358 e. The second-order valence-corrected chi connectivity index (χ2v) is 4.83. The number of benzene rings is 1. The SMILES string of the molecule is CNC(=O)CN(C)C1CCN(c2ccccc2F)C1=O. The van der Waals surface area contributed by atoms with E-state index in [1.54, 1.807) is 37.2 Å². The molecule has 1 heterocycles. The first-order chi connectivity index (χ1) is 9.54. The van der Waals surface area contributed by atoms with Crippen LogP contribution in [0, 0.1) is 5.82 Å². The Bertz CT molecular complexity index is 521. The summed E-state index contributed by atoms with van der Waals surface area (Å²) in [5.41, 5.74) is 0.299. The van der Waals surface area contributed by atoms with E-state index in [0.29, 0.717) is 18.7 Å². The van der Waals surface area contributed by atoms with Crippen molar-refractivity contribution in [3.05, 3.63) is 30.1 Å². The van der Waals surface area contributed by atoms with Crippen molar-refractivity contribution in [3.63, 3.8) is 0 Å². The molecule has 0 aromatic heterocycles. The molecule has 1 aromatic rings. The van der Waals surface area contributed by atoms with Gasteiger partial charge in [-0.3, -0.25) is 14.5 Å². The fourth-order valence-electron chi connectivity index (χ4n) is 2.40. The first-order valence-electron chi connectivity index (χ1n) is 6.51. The van der Waals surface area contributed by atoms with Crippen molar-refractivity contribution < 1.29 is 14.0 Å². The van der Waals surface area contributed by atoms with E-state index >= 15 is 0 Å². The van der Waals surface area contributed by atoms with Crippen molar-refractivity contribution in [2.45, 2.75) is 12.5 Å². The van der Waals surface area contributed by atoms with E-state index in [1.807, 2.05) is 0 Å². The summed E-state index contributed by atoms with van der Waals surface area (Å²) >= 11 is 0. The summed E-state index contributed by atoms with van der Waals surface area (Å²) in [6.45, 7) is 0.612. The molecule has 0 bridgehead atoms. The summed E-state index contributed by atoms with van der Waals surface area (Å²) < 4.78 is 13.7. The maximum Gasteiger partial charge on any atom is 0.244 e. The zero-order chi connectivity index (χ0) is 14.7. The van der Waals surface area contributed by atoms with Crippen LogP contribution >= 0.6 is 0 Å². The Morgan fingerprint density at radius 1 is 1.50 bits per heavy atom. The number of likely N-dealkylation sites (N-methyl/N-ethyl adjacent to an activating group) is 2. The molecule has 1 aliphatic rings. The van der Waals surface area contributed by atoms with Gasteiger partial charge in [0.15, 0.2) is 0 Å². The summed E-state index contributed by atoms with van der Waals surface area (Å²) in [5, 5.41) is 2.52. The molecule has 0 spiro atoms. The van der Waals surface area contributed by atoms with Crippen molar-refractivity contribution in [2.24, 2.45) is 0 Å². The number of rotatable bonds is 4. The Labute approximate surface area is 117 Å². The summed E-state index contributed by atoms with van der Waals surface area (Å²) in [6.07, 6.45) is 0.584. The molecule has 2 amide bonds. The van der Waals surface area contributed by atoms with Gasteiger partial charge in [-0.1, -0.05) is 12.1 Å². The summed E-state index contributed by atoms with van der Waals surface area (Å²) in [6, 6.07) is 5.84. The number of anilines is 1. The molecule has 108 valence electrons. The van der Waals surface area contributed by atoms with Crippen LogP contribution < -0.4 is 10.2 Å². The highest BCUT2D eigenvalue weighted by atomic mass is 19.1. The predicted octanol–water partition coefficient (Wildman–Crippen LogP) is 0.609. The van der Waals surface area contributed by atoms with Gasteiger partial charge in [0.25, 0.3) is 0 Å². The summed E-state index contributed by atoms with van der Waals surface area (Å²) in [7, 11) is 3.28. The number of carbonyl (C=O) groups is 2. The number of para-hydroxylation sites is 1. The third kappa shape index (κ3) is 2.80. The Morgan fingerprint density at radius 2 is 2.20 bits per heavy atom. The highest BCUT2D eigenvalue weighted by Crippen LogP contribution is 2.26. The van der Waals surface area contributed by atoms with E-state index in [9.17, 15) is 14.0 Å². The quantitative estimate of drug-likeness (QED) is 0.878. The Hall–Kier alpha value is -1.95. The van der Waals surface area contributed by atoms with Gasteiger partial charge in [0.05, 0.1) is 18.3 Å². The molecule has 1 saturated heterocycles. The molecule has 20 heavy (non-hydrogen) atoms. The molecule has 6 heteroatoms. The maximum absolute atomic E-state index is 13.7. The van der Waals surface area contributed by atoms with Crippen LogP contribution in [-0.2, 0) is 9.59 Å². The van der Waals surface area contributed by atoms with Crippen molar-refractivity contribution >= 4 is 17.5 Å². The van der Waals surface area contributed by atoms with Crippen LogP contribution in [0.3, 0.4) is 0 Å². The van der Waals surface area contributed by atoms with E-state index in [0.717, 1.165) is 0 Å². The molecule has 1 aliphatic heterocycles. The number of hydrogen-bond donors (Lipinski definition) is 1. The van der Waals surface area contributed by atoms with Gasteiger partial charge in [0.2, 0.25) is 11.8 Å². The fraction of sp³-hybridized carbons (Fsp3) is 0.429. The molecule has 0 radical (unpaired) electrons. The predicted molar refractivity (Wildman–Crippen MR) is 73.9 cm³/mol. The normalized spacial score (nSPS) is 18.7. The van der Waals surface area contributed by atoms with Gasteiger partial charge >= 0.3 is 0 Å². The molecule has 1 atom stereocenters. The Balaban J connectivity index is 2.10. The highest BCUT2D eigenvalue weighted by Gasteiger charge is 2.36. The number of nitrogens with one attached hydrogen (secondary N) is 1. The number of hydrogen-bond acceptors (Lipinski definition) is 3.